The Hall–Kier alpha value is -4.24. The van der Waals surface area contributed by atoms with Crippen LogP contribution in [0.5, 0.6) is 0 Å². The van der Waals surface area contributed by atoms with Gasteiger partial charge in [-0.1, -0.05) is 11.6 Å². The number of hydrogen-bond acceptors (Lipinski definition) is 6. The number of carbonyl (C=O) groups is 2. The van der Waals surface area contributed by atoms with Crippen molar-refractivity contribution in [3.05, 3.63) is 76.2 Å². The number of aryl methyl sites for hydroxylation is 2. The Labute approximate surface area is 206 Å². The van der Waals surface area contributed by atoms with Gasteiger partial charge in [-0.15, -0.1) is 0 Å². The largest absolute Gasteiger partial charge is 0.325 e. The summed E-state index contributed by atoms with van der Waals surface area (Å²) in [6, 6.07) is 12.3. The molecule has 2 aromatic carbocycles. The second-order valence-corrected chi connectivity index (χ2v) is 8.74. The number of nitrogens with one attached hydrogen (secondary N) is 3. The topological polar surface area (TPSA) is 114 Å². The Morgan fingerprint density at radius 2 is 1.91 bits per heavy atom. The number of benzene rings is 2. The maximum atomic E-state index is 12.7. The van der Waals surface area contributed by atoms with Gasteiger partial charge in [0.2, 0.25) is 11.9 Å². The van der Waals surface area contributed by atoms with Crippen LogP contribution in [0.15, 0.2) is 48.7 Å². The average Bonchev–Trinajstić information content (AvgIpc) is 2.98. The predicted molar refractivity (Wildman–Crippen MR) is 135 cm³/mol. The van der Waals surface area contributed by atoms with E-state index in [1.807, 2.05) is 27.0 Å². The van der Waals surface area contributed by atoms with Crippen LogP contribution in [0.3, 0.4) is 0 Å². The van der Waals surface area contributed by atoms with Gasteiger partial charge < -0.3 is 16.0 Å². The molecule has 3 heterocycles. The molecule has 176 valence electrons. The lowest BCUT2D eigenvalue weighted by Gasteiger charge is -2.11. The van der Waals surface area contributed by atoms with Gasteiger partial charge in [0.25, 0.3) is 5.91 Å². The zero-order valence-electron chi connectivity index (χ0n) is 19.3. The lowest BCUT2D eigenvalue weighted by molar-refractivity contribution is -0.115. The fourth-order valence-electron chi connectivity index (χ4n) is 4.00. The number of halogens is 1. The van der Waals surface area contributed by atoms with E-state index in [4.69, 9.17) is 11.6 Å². The Kier molecular flexibility index (Phi) is 5.70. The first-order valence-electron chi connectivity index (χ1n) is 10.9. The third-order valence-corrected chi connectivity index (χ3v) is 6.11. The maximum absolute atomic E-state index is 12.7. The smallest absolute Gasteiger partial charge is 0.255 e. The van der Waals surface area contributed by atoms with E-state index in [1.165, 1.54) is 0 Å². The lowest BCUT2D eigenvalue weighted by atomic mass is 10.1. The Bertz CT molecular complexity index is 1480. The van der Waals surface area contributed by atoms with Crippen LogP contribution in [0.4, 0.5) is 23.0 Å². The summed E-state index contributed by atoms with van der Waals surface area (Å²) >= 11 is 6.11. The van der Waals surface area contributed by atoms with Gasteiger partial charge in [-0.2, -0.15) is 5.10 Å². The minimum atomic E-state index is -0.218. The van der Waals surface area contributed by atoms with Crippen LogP contribution in [-0.4, -0.2) is 31.6 Å². The van der Waals surface area contributed by atoms with Crippen LogP contribution in [0.25, 0.3) is 11.3 Å². The monoisotopic (exact) mass is 487 g/mol. The number of amides is 2. The highest BCUT2D eigenvalue weighted by Gasteiger charge is 2.21. The number of aromatic nitrogens is 4. The molecule has 1 aliphatic heterocycles. The summed E-state index contributed by atoms with van der Waals surface area (Å²) in [5.74, 6) is 0.00406. The second-order valence-electron chi connectivity index (χ2n) is 8.31. The predicted octanol–water partition coefficient (Wildman–Crippen LogP) is 4.64. The number of anilines is 4. The molecule has 3 N–H and O–H groups in total. The Morgan fingerprint density at radius 1 is 1.14 bits per heavy atom. The van der Waals surface area contributed by atoms with E-state index in [9.17, 15) is 9.59 Å². The zero-order chi connectivity index (χ0) is 24.7. The first kappa shape index (κ1) is 22.5. The molecule has 5 rings (SSSR count). The lowest BCUT2D eigenvalue weighted by Crippen LogP contribution is -2.13. The minimum absolute atomic E-state index is 0.151. The molecule has 0 bridgehead atoms. The quantitative estimate of drug-likeness (QED) is 0.386. The Balaban J connectivity index is 1.37. The molecular formula is C25H22ClN7O2. The molecule has 35 heavy (non-hydrogen) atoms. The van der Waals surface area contributed by atoms with E-state index in [2.05, 4.69) is 31.0 Å². The average molecular weight is 488 g/mol. The molecule has 0 spiro atoms. The van der Waals surface area contributed by atoms with Crippen LogP contribution < -0.4 is 16.0 Å². The number of hydrogen-bond donors (Lipinski definition) is 3. The fourth-order valence-corrected chi connectivity index (χ4v) is 4.17. The van der Waals surface area contributed by atoms with Crippen LogP contribution >= 0.6 is 11.6 Å². The summed E-state index contributed by atoms with van der Waals surface area (Å²) in [6.07, 6.45) is 1.82. The van der Waals surface area contributed by atoms with E-state index >= 15 is 0 Å². The van der Waals surface area contributed by atoms with E-state index in [0.29, 0.717) is 33.6 Å². The molecule has 1 aliphatic rings. The summed E-state index contributed by atoms with van der Waals surface area (Å²) in [5, 5.41) is 13.8. The van der Waals surface area contributed by atoms with Crippen LogP contribution in [0.2, 0.25) is 5.02 Å². The van der Waals surface area contributed by atoms with Crippen molar-refractivity contribution in [3.63, 3.8) is 0 Å². The molecule has 0 saturated heterocycles. The van der Waals surface area contributed by atoms with Gasteiger partial charge in [0, 0.05) is 40.6 Å². The van der Waals surface area contributed by atoms with Crippen molar-refractivity contribution in [2.45, 2.75) is 20.3 Å². The summed E-state index contributed by atoms with van der Waals surface area (Å²) in [7, 11) is 1.84. The van der Waals surface area contributed by atoms with Crippen molar-refractivity contribution in [3.8, 4) is 11.3 Å². The van der Waals surface area contributed by atoms with Crippen molar-refractivity contribution in [1.29, 1.82) is 0 Å². The molecule has 2 amide bonds. The van der Waals surface area contributed by atoms with E-state index < -0.39 is 0 Å². The van der Waals surface area contributed by atoms with Crippen molar-refractivity contribution < 1.29 is 9.59 Å². The number of rotatable bonds is 4. The third kappa shape index (κ3) is 4.45. The zero-order valence-corrected chi connectivity index (χ0v) is 20.1. The van der Waals surface area contributed by atoms with Gasteiger partial charge >= 0.3 is 0 Å². The molecule has 0 saturated carbocycles. The molecule has 0 aliphatic carbocycles. The van der Waals surface area contributed by atoms with E-state index in [0.717, 1.165) is 28.2 Å². The molecule has 2 aromatic heterocycles. The number of nitrogens with zero attached hydrogens (tertiary/aromatic N) is 4. The maximum Gasteiger partial charge on any atom is 0.255 e. The summed E-state index contributed by atoms with van der Waals surface area (Å²) in [4.78, 5) is 34.0. The van der Waals surface area contributed by atoms with Gasteiger partial charge in [-0.25, -0.2) is 9.97 Å². The van der Waals surface area contributed by atoms with Crippen LogP contribution in [-0.2, 0) is 18.3 Å². The second kappa shape index (κ2) is 8.84. The van der Waals surface area contributed by atoms with Gasteiger partial charge in [-0.05, 0) is 56.3 Å². The highest BCUT2D eigenvalue weighted by Crippen LogP contribution is 2.35. The fraction of sp³-hybridized carbons (Fsp3) is 0.160. The van der Waals surface area contributed by atoms with Gasteiger partial charge in [0.1, 0.15) is 0 Å². The molecule has 9 nitrogen and oxygen atoms in total. The van der Waals surface area contributed by atoms with Crippen molar-refractivity contribution in [1.82, 2.24) is 19.7 Å². The van der Waals surface area contributed by atoms with Crippen molar-refractivity contribution in [2.24, 2.45) is 7.05 Å². The van der Waals surface area contributed by atoms with Gasteiger partial charge in [-0.3, -0.25) is 14.3 Å². The molecule has 4 aromatic rings. The van der Waals surface area contributed by atoms with Gasteiger partial charge in [0.15, 0.2) is 0 Å². The molecule has 0 fully saturated rings. The van der Waals surface area contributed by atoms with E-state index in [1.54, 1.807) is 47.3 Å². The highest BCUT2D eigenvalue weighted by atomic mass is 35.5. The summed E-state index contributed by atoms with van der Waals surface area (Å²) < 4.78 is 1.73. The number of fused-ring (bicyclic) bond motifs is 3. The van der Waals surface area contributed by atoms with E-state index in [-0.39, 0.29) is 18.2 Å². The molecule has 0 atom stereocenters. The minimum Gasteiger partial charge on any atom is -0.325 e. The summed E-state index contributed by atoms with van der Waals surface area (Å²) in [5.41, 5.74) is 6.35. The van der Waals surface area contributed by atoms with Crippen LogP contribution in [0.1, 0.15) is 27.3 Å². The molecule has 0 radical (unpaired) electrons. The first-order valence-corrected chi connectivity index (χ1v) is 11.3. The first-order chi connectivity index (χ1) is 16.8. The molecule has 0 unspecified atom stereocenters. The summed E-state index contributed by atoms with van der Waals surface area (Å²) in [6.45, 7) is 3.76. The normalized spacial score (nSPS) is 12.3. The third-order valence-electron chi connectivity index (χ3n) is 5.88. The molecular weight excluding hydrogens is 466 g/mol. The highest BCUT2D eigenvalue weighted by molar-refractivity contribution is 6.31. The molecule has 10 heteroatoms. The Morgan fingerprint density at radius 3 is 2.63 bits per heavy atom. The van der Waals surface area contributed by atoms with Crippen LogP contribution in [0, 0.1) is 13.8 Å². The van der Waals surface area contributed by atoms with Crippen molar-refractivity contribution in [2.75, 3.05) is 16.0 Å². The SMILES string of the molecule is Cc1nn(C)c(C)c1NC(=O)c1ccc(Nc2ncc3c(n2)-c2ccc(Cl)cc2NC(=O)C3)cc1. The van der Waals surface area contributed by atoms with Crippen molar-refractivity contribution >= 4 is 46.4 Å². The number of carbonyl (C=O) groups excluding carboxylic acids is 2. The standard InChI is InChI=1S/C25H22ClN7O2/c1-13-22(14(2)33(3)32-13)30-24(35)15-4-7-18(8-5-15)28-25-27-12-16-10-21(34)29-20-11-17(26)6-9-19(20)23(16)31-25/h4-9,11-12H,10H2,1-3H3,(H,29,34)(H,30,35)(H,27,28,31). The van der Waals surface area contributed by atoms with Gasteiger partial charge in [0.05, 0.1) is 34.9 Å².